The van der Waals surface area contributed by atoms with E-state index < -0.39 is 0 Å². The lowest BCUT2D eigenvalue weighted by atomic mass is 10.1. The van der Waals surface area contributed by atoms with Gasteiger partial charge in [0.15, 0.2) is 0 Å². The number of fused-ring (bicyclic) bond motifs is 1. The van der Waals surface area contributed by atoms with Crippen molar-refractivity contribution in [3.05, 3.63) is 41.4 Å². The third-order valence-electron chi connectivity index (χ3n) is 4.14. The van der Waals surface area contributed by atoms with Gasteiger partial charge in [0, 0.05) is 16.6 Å². The van der Waals surface area contributed by atoms with Crippen LogP contribution >= 0.6 is 11.6 Å². The SMILES string of the molecule is O=C(Nc1cccc(Cl)c1)[C@H]1[C@H]2C=CCCCC[C@H]21. The van der Waals surface area contributed by atoms with E-state index in [1.165, 1.54) is 19.3 Å². The molecule has 2 aliphatic rings. The van der Waals surface area contributed by atoms with Crippen molar-refractivity contribution in [2.45, 2.75) is 25.7 Å². The molecule has 0 bridgehead atoms. The van der Waals surface area contributed by atoms with Crippen LogP contribution in [0.4, 0.5) is 5.69 Å². The molecule has 19 heavy (non-hydrogen) atoms. The Kier molecular flexibility index (Phi) is 3.61. The van der Waals surface area contributed by atoms with Crippen LogP contribution in [0.5, 0.6) is 0 Å². The van der Waals surface area contributed by atoms with Crippen molar-refractivity contribution in [3.63, 3.8) is 0 Å². The molecule has 3 rings (SSSR count). The van der Waals surface area contributed by atoms with Crippen molar-refractivity contribution in [2.75, 3.05) is 5.32 Å². The van der Waals surface area contributed by atoms with Gasteiger partial charge in [-0.25, -0.2) is 0 Å². The molecular weight excluding hydrogens is 258 g/mol. The molecule has 0 aliphatic heterocycles. The van der Waals surface area contributed by atoms with Crippen molar-refractivity contribution < 1.29 is 4.79 Å². The molecule has 0 spiro atoms. The molecule has 1 aromatic rings. The summed E-state index contributed by atoms with van der Waals surface area (Å²) in [7, 11) is 0. The first-order valence-electron chi connectivity index (χ1n) is 6.99. The standard InChI is InChI=1S/C16H18ClNO/c17-11-6-5-7-12(10-11)18-16(19)15-13-8-3-1-2-4-9-14(13)15/h3,5-8,10,13-15H,1-2,4,9H2,(H,18,19)/t13-,14+,15-/m0/s1. The molecule has 0 radical (unpaired) electrons. The Hall–Kier alpha value is -1.28. The predicted molar refractivity (Wildman–Crippen MR) is 78.2 cm³/mol. The van der Waals surface area contributed by atoms with E-state index in [0.717, 1.165) is 12.1 Å². The average Bonchev–Trinajstić information content (AvgIpc) is 3.00. The van der Waals surface area contributed by atoms with Crippen LogP contribution < -0.4 is 5.32 Å². The Balaban J connectivity index is 1.65. The lowest BCUT2D eigenvalue weighted by molar-refractivity contribution is -0.117. The van der Waals surface area contributed by atoms with E-state index in [1.807, 2.05) is 18.2 Å². The van der Waals surface area contributed by atoms with Gasteiger partial charge in [0.05, 0.1) is 0 Å². The minimum atomic E-state index is 0.142. The largest absolute Gasteiger partial charge is 0.326 e. The van der Waals surface area contributed by atoms with Gasteiger partial charge in [0.25, 0.3) is 0 Å². The number of amides is 1. The Morgan fingerprint density at radius 1 is 1.32 bits per heavy atom. The molecule has 1 amide bonds. The fourth-order valence-electron chi connectivity index (χ4n) is 3.09. The zero-order valence-corrected chi connectivity index (χ0v) is 11.6. The van der Waals surface area contributed by atoms with Gasteiger partial charge in [-0.05, 0) is 49.3 Å². The van der Waals surface area contributed by atoms with Crippen LogP contribution in [0.15, 0.2) is 36.4 Å². The monoisotopic (exact) mass is 275 g/mol. The molecule has 1 fully saturated rings. The maximum Gasteiger partial charge on any atom is 0.228 e. The highest BCUT2D eigenvalue weighted by atomic mass is 35.5. The summed E-state index contributed by atoms with van der Waals surface area (Å²) in [4.78, 5) is 12.3. The second-order valence-corrected chi connectivity index (χ2v) is 5.92. The number of hydrogen-bond donors (Lipinski definition) is 1. The number of anilines is 1. The van der Waals surface area contributed by atoms with Gasteiger partial charge in [-0.2, -0.15) is 0 Å². The number of carbonyl (C=O) groups excluding carboxylic acids is 1. The normalized spacial score (nSPS) is 29.0. The van der Waals surface area contributed by atoms with Gasteiger partial charge in [0.1, 0.15) is 0 Å². The van der Waals surface area contributed by atoms with E-state index in [0.29, 0.717) is 16.9 Å². The predicted octanol–water partition coefficient (Wildman–Crippen LogP) is 4.27. The minimum Gasteiger partial charge on any atom is -0.326 e. The maximum atomic E-state index is 12.3. The second-order valence-electron chi connectivity index (χ2n) is 5.48. The lowest BCUT2D eigenvalue weighted by Crippen LogP contribution is -2.15. The van der Waals surface area contributed by atoms with Gasteiger partial charge in [-0.15, -0.1) is 0 Å². The van der Waals surface area contributed by atoms with Crippen LogP contribution in [0.2, 0.25) is 5.02 Å². The summed E-state index contributed by atoms with van der Waals surface area (Å²) in [5, 5.41) is 3.64. The lowest BCUT2D eigenvalue weighted by Gasteiger charge is -2.05. The van der Waals surface area contributed by atoms with E-state index in [4.69, 9.17) is 11.6 Å². The topological polar surface area (TPSA) is 29.1 Å². The molecule has 100 valence electrons. The van der Waals surface area contributed by atoms with Gasteiger partial charge in [-0.3, -0.25) is 4.79 Å². The first-order chi connectivity index (χ1) is 9.25. The summed E-state index contributed by atoms with van der Waals surface area (Å²) in [6.07, 6.45) is 9.32. The summed E-state index contributed by atoms with van der Waals surface area (Å²) in [6, 6.07) is 7.34. The molecule has 2 aliphatic carbocycles. The van der Waals surface area contributed by atoms with Gasteiger partial charge in [0.2, 0.25) is 5.91 Å². The van der Waals surface area contributed by atoms with Crippen LogP contribution in [-0.4, -0.2) is 5.91 Å². The van der Waals surface area contributed by atoms with Crippen LogP contribution in [0.1, 0.15) is 25.7 Å². The third-order valence-corrected chi connectivity index (χ3v) is 4.38. The molecule has 1 N–H and O–H groups in total. The smallest absolute Gasteiger partial charge is 0.228 e. The summed E-state index contributed by atoms with van der Waals surface area (Å²) in [6.45, 7) is 0. The quantitative estimate of drug-likeness (QED) is 0.803. The zero-order chi connectivity index (χ0) is 13.2. The first-order valence-corrected chi connectivity index (χ1v) is 7.36. The minimum absolute atomic E-state index is 0.142. The molecule has 0 unspecified atom stereocenters. The van der Waals surface area contributed by atoms with E-state index in [9.17, 15) is 4.79 Å². The van der Waals surface area contributed by atoms with Gasteiger partial charge >= 0.3 is 0 Å². The molecule has 2 nitrogen and oxygen atoms in total. The molecule has 1 aromatic carbocycles. The number of benzene rings is 1. The fourth-order valence-corrected chi connectivity index (χ4v) is 3.28. The van der Waals surface area contributed by atoms with Crippen LogP contribution in [-0.2, 0) is 4.79 Å². The number of carbonyl (C=O) groups is 1. The number of rotatable bonds is 2. The van der Waals surface area contributed by atoms with Crippen LogP contribution in [0, 0.1) is 17.8 Å². The summed E-state index contributed by atoms with van der Waals surface area (Å²) in [5.74, 6) is 1.31. The molecule has 3 heteroatoms. The zero-order valence-electron chi connectivity index (χ0n) is 10.8. The summed E-state index contributed by atoms with van der Waals surface area (Å²) < 4.78 is 0. The van der Waals surface area contributed by atoms with Crippen LogP contribution in [0.25, 0.3) is 0 Å². The molecule has 3 atom stereocenters. The first kappa shape index (κ1) is 12.7. The Labute approximate surface area is 118 Å². The van der Waals surface area contributed by atoms with E-state index in [1.54, 1.807) is 6.07 Å². The van der Waals surface area contributed by atoms with Gasteiger partial charge in [-0.1, -0.05) is 36.2 Å². The summed E-state index contributed by atoms with van der Waals surface area (Å²) >= 11 is 5.93. The fraction of sp³-hybridized carbons (Fsp3) is 0.438. The number of allylic oxidation sites excluding steroid dienone is 2. The molecule has 0 aromatic heterocycles. The van der Waals surface area contributed by atoms with Crippen molar-refractivity contribution in [1.82, 2.24) is 0 Å². The highest BCUT2D eigenvalue weighted by molar-refractivity contribution is 6.30. The van der Waals surface area contributed by atoms with Crippen molar-refractivity contribution in [3.8, 4) is 0 Å². The van der Waals surface area contributed by atoms with Crippen molar-refractivity contribution in [1.29, 1.82) is 0 Å². The van der Waals surface area contributed by atoms with E-state index in [-0.39, 0.29) is 11.8 Å². The van der Waals surface area contributed by atoms with Gasteiger partial charge < -0.3 is 5.32 Å². The van der Waals surface area contributed by atoms with E-state index in [2.05, 4.69) is 17.5 Å². The summed E-state index contributed by atoms with van der Waals surface area (Å²) in [5.41, 5.74) is 0.792. The molecule has 0 heterocycles. The maximum absolute atomic E-state index is 12.3. The van der Waals surface area contributed by atoms with E-state index >= 15 is 0 Å². The van der Waals surface area contributed by atoms with Crippen molar-refractivity contribution >= 4 is 23.2 Å². The molecule has 0 saturated heterocycles. The molecule has 1 saturated carbocycles. The number of nitrogens with one attached hydrogen (secondary N) is 1. The number of hydrogen-bond acceptors (Lipinski definition) is 1. The third kappa shape index (κ3) is 2.84. The Morgan fingerprint density at radius 3 is 3.05 bits per heavy atom. The van der Waals surface area contributed by atoms with Crippen LogP contribution in [0.3, 0.4) is 0 Å². The highest BCUT2D eigenvalue weighted by Crippen LogP contribution is 2.51. The Bertz CT molecular complexity index is 511. The highest BCUT2D eigenvalue weighted by Gasteiger charge is 2.52. The number of halogens is 1. The Morgan fingerprint density at radius 2 is 2.21 bits per heavy atom. The average molecular weight is 276 g/mol. The molecular formula is C16H18ClNO. The van der Waals surface area contributed by atoms with Crippen molar-refractivity contribution in [2.24, 2.45) is 17.8 Å². The second kappa shape index (κ2) is 5.38.